The van der Waals surface area contributed by atoms with Crippen molar-refractivity contribution in [3.05, 3.63) is 105 Å². The van der Waals surface area contributed by atoms with Gasteiger partial charge in [-0.1, -0.05) is 91.5 Å². The van der Waals surface area contributed by atoms with Gasteiger partial charge >= 0.3 is 0 Å². The van der Waals surface area contributed by atoms with E-state index in [1.54, 1.807) is 4.57 Å². The number of aromatic nitrogens is 2. The van der Waals surface area contributed by atoms with Crippen molar-refractivity contribution in [3.63, 3.8) is 0 Å². The average molecular weight is 575 g/mol. The number of hydrogen-bond acceptors (Lipinski definition) is 3. The second kappa shape index (κ2) is 13.5. The van der Waals surface area contributed by atoms with Crippen LogP contribution in [0.3, 0.4) is 0 Å². The molecular formula is C32H36BrN3O2. The van der Waals surface area contributed by atoms with Gasteiger partial charge in [-0.3, -0.25) is 14.2 Å². The molecule has 1 unspecified atom stereocenters. The molecule has 0 saturated heterocycles. The molecule has 0 saturated carbocycles. The van der Waals surface area contributed by atoms with Gasteiger partial charge in [-0.25, -0.2) is 4.98 Å². The van der Waals surface area contributed by atoms with E-state index in [1.165, 1.54) is 0 Å². The van der Waals surface area contributed by atoms with Gasteiger partial charge in [0, 0.05) is 17.4 Å². The molecule has 0 radical (unpaired) electrons. The first kappa shape index (κ1) is 27.8. The molecule has 0 fully saturated rings. The summed E-state index contributed by atoms with van der Waals surface area (Å²) in [6, 6.07) is 25.0. The third kappa shape index (κ3) is 6.60. The Hall–Kier alpha value is -3.25. The van der Waals surface area contributed by atoms with Gasteiger partial charge in [-0.15, -0.1) is 0 Å². The van der Waals surface area contributed by atoms with Gasteiger partial charge in [0.1, 0.15) is 5.82 Å². The summed E-state index contributed by atoms with van der Waals surface area (Å²) in [7, 11) is 0. The van der Waals surface area contributed by atoms with Crippen LogP contribution in [0.25, 0.3) is 16.6 Å². The lowest BCUT2D eigenvalue weighted by Gasteiger charge is -2.32. The van der Waals surface area contributed by atoms with Crippen LogP contribution in [0.1, 0.15) is 69.8 Å². The first-order chi connectivity index (χ1) is 18.5. The monoisotopic (exact) mass is 573 g/mol. The van der Waals surface area contributed by atoms with Crippen molar-refractivity contribution >= 4 is 32.7 Å². The Morgan fingerprint density at radius 1 is 0.921 bits per heavy atom. The summed E-state index contributed by atoms with van der Waals surface area (Å²) >= 11 is 3.50. The number of aryl methyl sites for hydroxylation is 1. The molecule has 3 aromatic carbocycles. The predicted octanol–water partition coefficient (Wildman–Crippen LogP) is 7.64. The fourth-order valence-corrected chi connectivity index (χ4v) is 5.22. The maximum Gasteiger partial charge on any atom is 0.266 e. The topological polar surface area (TPSA) is 55.2 Å². The van der Waals surface area contributed by atoms with Gasteiger partial charge < -0.3 is 4.90 Å². The minimum Gasteiger partial charge on any atom is -0.332 e. The number of hydrogen-bond donors (Lipinski definition) is 0. The second-order valence-electron chi connectivity index (χ2n) is 9.66. The smallest absolute Gasteiger partial charge is 0.266 e. The van der Waals surface area contributed by atoms with E-state index in [4.69, 9.17) is 4.98 Å². The van der Waals surface area contributed by atoms with Crippen molar-refractivity contribution < 1.29 is 4.79 Å². The number of carbonyl (C=O) groups excluding carboxylic acids is 1. The lowest BCUT2D eigenvalue weighted by atomic mass is 10.1. The molecule has 6 heteroatoms. The van der Waals surface area contributed by atoms with Gasteiger partial charge in [0.05, 0.1) is 22.6 Å². The molecule has 38 heavy (non-hydrogen) atoms. The molecule has 0 N–H and O–H groups in total. The molecule has 0 aliphatic rings. The SMILES string of the molecule is CCCCCCN(C(=O)CCc1ccccc1)C(CC)c1nc2ccccc2c(=O)n1-c1ccc(Br)cc1. The molecule has 0 aliphatic heterocycles. The van der Waals surface area contributed by atoms with Crippen LogP contribution in [-0.2, 0) is 11.2 Å². The van der Waals surface area contributed by atoms with Gasteiger partial charge in [-0.05, 0) is 61.2 Å². The maximum absolute atomic E-state index is 13.9. The van der Waals surface area contributed by atoms with Crippen LogP contribution in [0.5, 0.6) is 0 Å². The van der Waals surface area contributed by atoms with Crippen molar-refractivity contribution in [2.75, 3.05) is 6.54 Å². The first-order valence-electron chi connectivity index (χ1n) is 13.6. The Morgan fingerprint density at radius 3 is 2.34 bits per heavy atom. The van der Waals surface area contributed by atoms with Crippen molar-refractivity contribution in [1.82, 2.24) is 14.5 Å². The molecule has 4 rings (SSSR count). The molecular weight excluding hydrogens is 538 g/mol. The Balaban J connectivity index is 1.78. The van der Waals surface area contributed by atoms with Gasteiger partial charge in [0.2, 0.25) is 5.91 Å². The number of unbranched alkanes of at least 4 members (excludes halogenated alkanes) is 3. The number of para-hydroxylation sites is 1. The molecule has 0 bridgehead atoms. The van der Waals surface area contributed by atoms with Crippen LogP contribution in [0.4, 0.5) is 0 Å². The van der Waals surface area contributed by atoms with E-state index >= 15 is 0 Å². The Morgan fingerprint density at radius 2 is 1.63 bits per heavy atom. The zero-order valence-corrected chi connectivity index (χ0v) is 23.9. The minimum atomic E-state index is -0.319. The maximum atomic E-state index is 13.9. The van der Waals surface area contributed by atoms with E-state index in [1.807, 2.05) is 71.6 Å². The Kier molecular flexibility index (Phi) is 9.88. The molecule has 0 aliphatic carbocycles. The lowest BCUT2D eigenvalue weighted by Crippen LogP contribution is -2.39. The Labute approximate surface area is 233 Å². The van der Waals surface area contributed by atoms with Crippen molar-refractivity contribution in [1.29, 1.82) is 0 Å². The minimum absolute atomic E-state index is 0.0990. The highest BCUT2D eigenvalue weighted by Crippen LogP contribution is 2.28. The van der Waals surface area contributed by atoms with Crippen LogP contribution in [0.15, 0.2) is 88.1 Å². The molecule has 5 nitrogen and oxygen atoms in total. The van der Waals surface area contributed by atoms with Crippen LogP contribution in [0, 0.1) is 0 Å². The number of benzene rings is 3. The van der Waals surface area contributed by atoms with E-state index in [-0.39, 0.29) is 17.5 Å². The highest BCUT2D eigenvalue weighted by atomic mass is 79.9. The highest BCUT2D eigenvalue weighted by molar-refractivity contribution is 9.10. The number of halogens is 1. The summed E-state index contributed by atoms with van der Waals surface area (Å²) in [6.45, 7) is 4.91. The summed E-state index contributed by atoms with van der Waals surface area (Å²) in [5.74, 6) is 0.712. The first-order valence-corrected chi connectivity index (χ1v) is 14.4. The molecule has 0 spiro atoms. The average Bonchev–Trinajstić information content (AvgIpc) is 2.95. The van der Waals surface area contributed by atoms with Crippen LogP contribution >= 0.6 is 15.9 Å². The molecule has 4 aromatic rings. The fraction of sp³-hybridized carbons (Fsp3) is 0.344. The number of carbonyl (C=O) groups is 1. The lowest BCUT2D eigenvalue weighted by molar-refractivity contribution is -0.134. The molecule has 198 valence electrons. The summed E-state index contributed by atoms with van der Waals surface area (Å²) in [6.07, 6.45) is 6.04. The van der Waals surface area contributed by atoms with E-state index < -0.39 is 0 Å². The molecule has 1 atom stereocenters. The zero-order valence-electron chi connectivity index (χ0n) is 22.3. The van der Waals surface area contributed by atoms with Gasteiger partial charge in [0.25, 0.3) is 5.56 Å². The standard InChI is InChI=1S/C32H36BrN3O2/c1-3-5-6-12-23-35(30(37)22-17-24-13-8-7-9-14-24)29(4-2)31-34-28-16-11-10-15-27(28)32(38)36(31)26-20-18-25(33)19-21-26/h7-11,13-16,18-21,29H,3-6,12,17,22-23H2,1-2H3. The van der Waals surface area contributed by atoms with Crippen molar-refractivity contribution in [3.8, 4) is 5.69 Å². The second-order valence-corrected chi connectivity index (χ2v) is 10.6. The fourth-order valence-electron chi connectivity index (χ4n) is 4.96. The normalized spacial score (nSPS) is 12.0. The number of fused-ring (bicyclic) bond motifs is 1. The number of nitrogens with zero attached hydrogens (tertiary/aromatic N) is 3. The largest absolute Gasteiger partial charge is 0.332 e. The quantitative estimate of drug-likeness (QED) is 0.164. The predicted molar refractivity (Wildman–Crippen MR) is 159 cm³/mol. The summed E-state index contributed by atoms with van der Waals surface area (Å²) in [5, 5.41) is 0.568. The third-order valence-electron chi connectivity index (χ3n) is 6.99. The number of rotatable bonds is 12. The summed E-state index contributed by atoms with van der Waals surface area (Å²) in [5.41, 5.74) is 2.43. The van der Waals surface area contributed by atoms with Gasteiger partial charge in [-0.2, -0.15) is 0 Å². The summed E-state index contributed by atoms with van der Waals surface area (Å²) in [4.78, 5) is 34.7. The summed E-state index contributed by atoms with van der Waals surface area (Å²) < 4.78 is 2.64. The van der Waals surface area contributed by atoms with E-state index in [2.05, 4.69) is 41.9 Å². The molecule has 1 heterocycles. The van der Waals surface area contributed by atoms with Crippen LogP contribution < -0.4 is 5.56 Å². The van der Waals surface area contributed by atoms with Crippen LogP contribution in [0.2, 0.25) is 0 Å². The molecule has 1 amide bonds. The van der Waals surface area contributed by atoms with Crippen LogP contribution in [-0.4, -0.2) is 26.9 Å². The third-order valence-corrected chi connectivity index (χ3v) is 7.52. The number of amides is 1. The van der Waals surface area contributed by atoms with Crippen molar-refractivity contribution in [2.24, 2.45) is 0 Å². The molecule has 1 aromatic heterocycles. The van der Waals surface area contributed by atoms with E-state index in [0.29, 0.717) is 42.5 Å². The van der Waals surface area contributed by atoms with Gasteiger partial charge in [0.15, 0.2) is 0 Å². The van der Waals surface area contributed by atoms with E-state index in [9.17, 15) is 9.59 Å². The van der Waals surface area contributed by atoms with E-state index in [0.717, 1.165) is 41.4 Å². The Bertz CT molecular complexity index is 1400. The van der Waals surface area contributed by atoms with Crippen molar-refractivity contribution in [2.45, 2.75) is 64.8 Å². The zero-order chi connectivity index (χ0) is 26.9. The highest BCUT2D eigenvalue weighted by Gasteiger charge is 2.28.